The van der Waals surface area contributed by atoms with E-state index in [0.29, 0.717) is 18.5 Å². The molecule has 1 aromatic heterocycles. The van der Waals surface area contributed by atoms with E-state index < -0.39 is 0 Å². The Morgan fingerprint density at radius 2 is 2.53 bits per heavy atom. The summed E-state index contributed by atoms with van der Waals surface area (Å²) in [6.45, 7) is 7.31. The highest BCUT2D eigenvalue weighted by molar-refractivity contribution is 5.90. The van der Waals surface area contributed by atoms with Gasteiger partial charge in [-0.2, -0.15) is 5.10 Å². The van der Waals surface area contributed by atoms with Gasteiger partial charge in [0, 0.05) is 19.1 Å². The highest BCUT2D eigenvalue weighted by Crippen LogP contribution is 2.17. The fraction of sp³-hybridized carbons (Fsp3) is 0.727. The van der Waals surface area contributed by atoms with Gasteiger partial charge >= 0.3 is 0 Å². The average Bonchev–Trinajstić information content (AvgIpc) is 2.97. The molecule has 2 heterocycles. The molecule has 0 bridgehead atoms. The van der Waals surface area contributed by atoms with E-state index in [1.54, 1.807) is 0 Å². The van der Waals surface area contributed by atoms with E-state index in [0.717, 1.165) is 19.5 Å². The van der Waals surface area contributed by atoms with Crippen molar-refractivity contribution >= 4 is 5.91 Å². The second-order valence-corrected chi connectivity index (χ2v) is 4.79. The molecule has 94 valence electrons. The van der Waals surface area contributed by atoms with Crippen molar-refractivity contribution in [2.75, 3.05) is 19.6 Å². The molecule has 2 rings (SSSR count). The Labute approximate surface area is 101 Å². The summed E-state index contributed by atoms with van der Waals surface area (Å²) < 4.78 is 0. The molecule has 2 N–H and O–H groups in total. The van der Waals surface area contributed by atoms with Gasteiger partial charge in [0.25, 0.3) is 5.91 Å². The summed E-state index contributed by atoms with van der Waals surface area (Å²) in [5, 5.41) is 9.10. The van der Waals surface area contributed by atoms with E-state index in [1.807, 2.05) is 0 Å². The molecule has 1 amide bonds. The lowest BCUT2D eigenvalue weighted by Gasteiger charge is -2.20. The van der Waals surface area contributed by atoms with Crippen LogP contribution < -0.4 is 5.32 Å². The maximum Gasteiger partial charge on any atom is 0.288 e. The molecule has 0 spiro atoms. The Hall–Kier alpha value is -1.43. The number of nitrogens with one attached hydrogen (secondary N) is 2. The SMILES string of the molecule is CC(C)N1CCC(CNC(=O)c2ncn[nH]2)C1. The van der Waals surface area contributed by atoms with Crippen LogP contribution in [0.2, 0.25) is 0 Å². The number of carbonyl (C=O) groups is 1. The zero-order valence-electron chi connectivity index (χ0n) is 10.3. The van der Waals surface area contributed by atoms with Gasteiger partial charge in [-0.1, -0.05) is 0 Å². The molecule has 1 fully saturated rings. The Balaban J connectivity index is 1.75. The van der Waals surface area contributed by atoms with Crippen molar-refractivity contribution in [2.24, 2.45) is 5.92 Å². The van der Waals surface area contributed by atoms with Gasteiger partial charge < -0.3 is 10.2 Å². The van der Waals surface area contributed by atoms with Crippen molar-refractivity contribution in [3.05, 3.63) is 12.2 Å². The van der Waals surface area contributed by atoms with Crippen molar-refractivity contribution in [3.63, 3.8) is 0 Å². The predicted molar refractivity (Wildman–Crippen MR) is 63.5 cm³/mol. The maximum absolute atomic E-state index is 11.6. The summed E-state index contributed by atoms with van der Waals surface area (Å²) in [5.41, 5.74) is 0. The molecule has 6 nitrogen and oxygen atoms in total. The van der Waals surface area contributed by atoms with Crippen LogP contribution in [-0.2, 0) is 0 Å². The Bertz CT molecular complexity index is 362. The van der Waals surface area contributed by atoms with Crippen molar-refractivity contribution in [1.82, 2.24) is 25.4 Å². The van der Waals surface area contributed by atoms with Crippen LogP contribution in [0.3, 0.4) is 0 Å². The van der Waals surface area contributed by atoms with Crippen LogP contribution in [-0.4, -0.2) is 51.7 Å². The van der Waals surface area contributed by atoms with E-state index in [9.17, 15) is 4.79 Å². The summed E-state index contributed by atoms with van der Waals surface area (Å²) in [4.78, 5) is 17.9. The number of likely N-dealkylation sites (tertiary alicyclic amines) is 1. The van der Waals surface area contributed by atoms with Crippen molar-refractivity contribution in [2.45, 2.75) is 26.3 Å². The zero-order chi connectivity index (χ0) is 12.3. The predicted octanol–water partition coefficient (Wildman–Crippen LogP) is 0.265. The first-order chi connectivity index (χ1) is 8.16. The minimum absolute atomic E-state index is 0.175. The molecule has 1 atom stereocenters. The Kier molecular flexibility index (Phi) is 3.73. The summed E-state index contributed by atoms with van der Waals surface area (Å²) in [7, 11) is 0. The van der Waals surface area contributed by atoms with Crippen LogP contribution >= 0.6 is 0 Å². The standard InChI is InChI=1S/C11H19N5O/c1-8(2)16-4-3-9(6-16)5-12-11(17)10-13-7-14-15-10/h7-9H,3-6H2,1-2H3,(H,12,17)(H,13,14,15). The number of rotatable bonds is 4. The zero-order valence-corrected chi connectivity index (χ0v) is 10.3. The molecule has 1 aromatic rings. The number of carbonyl (C=O) groups excluding carboxylic acids is 1. The molecule has 0 saturated carbocycles. The number of aromatic amines is 1. The van der Waals surface area contributed by atoms with E-state index in [1.165, 1.54) is 6.33 Å². The monoisotopic (exact) mass is 237 g/mol. The van der Waals surface area contributed by atoms with Crippen LogP contribution in [0.15, 0.2) is 6.33 Å². The van der Waals surface area contributed by atoms with Crippen LogP contribution in [0.5, 0.6) is 0 Å². The number of amides is 1. The van der Waals surface area contributed by atoms with Gasteiger partial charge in [0.1, 0.15) is 6.33 Å². The van der Waals surface area contributed by atoms with Crippen LogP contribution in [0.4, 0.5) is 0 Å². The molecule has 0 aromatic carbocycles. The fourth-order valence-corrected chi connectivity index (χ4v) is 2.13. The number of hydrogen-bond acceptors (Lipinski definition) is 4. The van der Waals surface area contributed by atoms with Gasteiger partial charge in [0.2, 0.25) is 5.82 Å². The minimum atomic E-state index is -0.175. The molecule has 1 unspecified atom stereocenters. The minimum Gasteiger partial charge on any atom is -0.349 e. The highest BCUT2D eigenvalue weighted by Gasteiger charge is 2.24. The molecule has 0 radical (unpaired) electrons. The van der Waals surface area contributed by atoms with E-state index in [-0.39, 0.29) is 11.7 Å². The van der Waals surface area contributed by atoms with Gasteiger partial charge in [0.15, 0.2) is 0 Å². The smallest absolute Gasteiger partial charge is 0.288 e. The van der Waals surface area contributed by atoms with E-state index in [2.05, 4.69) is 39.2 Å². The molecule has 1 aliphatic rings. The molecule has 1 saturated heterocycles. The van der Waals surface area contributed by atoms with E-state index >= 15 is 0 Å². The quantitative estimate of drug-likeness (QED) is 0.788. The number of nitrogens with zero attached hydrogens (tertiary/aromatic N) is 3. The third-order valence-electron chi connectivity index (χ3n) is 3.23. The van der Waals surface area contributed by atoms with Crippen LogP contribution in [0, 0.1) is 5.92 Å². The Morgan fingerprint density at radius 1 is 1.71 bits per heavy atom. The van der Waals surface area contributed by atoms with Gasteiger partial charge in [-0.05, 0) is 32.7 Å². The van der Waals surface area contributed by atoms with Crippen molar-refractivity contribution in [3.8, 4) is 0 Å². The lowest BCUT2D eigenvalue weighted by molar-refractivity contribution is 0.0937. The Morgan fingerprint density at radius 3 is 3.12 bits per heavy atom. The molecular formula is C11H19N5O. The topological polar surface area (TPSA) is 73.9 Å². The first-order valence-corrected chi connectivity index (χ1v) is 6.04. The summed E-state index contributed by atoms with van der Waals surface area (Å²) >= 11 is 0. The average molecular weight is 237 g/mol. The maximum atomic E-state index is 11.6. The molecule has 0 aliphatic carbocycles. The second kappa shape index (κ2) is 5.27. The van der Waals surface area contributed by atoms with Gasteiger partial charge in [-0.25, -0.2) is 4.98 Å². The molecule has 17 heavy (non-hydrogen) atoms. The van der Waals surface area contributed by atoms with Crippen LogP contribution in [0.25, 0.3) is 0 Å². The first kappa shape index (κ1) is 12.0. The number of hydrogen-bond donors (Lipinski definition) is 2. The molecular weight excluding hydrogens is 218 g/mol. The lowest BCUT2D eigenvalue weighted by atomic mass is 10.1. The number of H-pyrrole nitrogens is 1. The van der Waals surface area contributed by atoms with Crippen LogP contribution in [0.1, 0.15) is 30.9 Å². The van der Waals surface area contributed by atoms with Gasteiger partial charge in [-0.3, -0.25) is 9.89 Å². The third kappa shape index (κ3) is 3.03. The molecule has 6 heteroatoms. The van der Waals surface area contributed by atoms with Gasteiger partial charge in [0.05, 0.1) is 0 Å². The second-order valence-electron chi connectivity index (χ2n) is 4.79. The third-order valence-corrected chi connectivity index (χ3v) is 3.23. The molecule has 1 aliphatic heterocycles. The summed E-state index contributed by atoms with van der Waals surface area (Å²) in [5.74, 6) is 0.651. The fourth-order valence-electron chi connectivity index (χ4n) is 2.13. The van der Waals surface area contributed by atoms with E-state index in [4.69, 9.17) is 0 Å². The summed E-state index contributed by atoms with van der Waals surface area (Å²) in [6, 6.07) is 0.588. The lowest BCUT2D eigenvalue weighted by Crippen LogP contribution is -2.33. The first-order valence-electron chi connectivity index (χ1n) is 6.04. The van der Waals surface area contributed by atoms with Crippen molar-refractivity contribution < 1.29 is 4.79 Å². The highest BCUT2D eigenvalue weighted by atomic mass is 16.2. The summed E-state index contributed by atoms with van der Waals surface area (Å²) in [6.07, 6.45) is 2.49. The normalized spacial score (nSPS) is 21.0. The van der Waals surface area contributed by atoms with Gasteiger partial charge in [-0.15, -0.1) is 0 Å². The largest absolute Gasteiger partial charge is 0.349 e. The van der Waals surface area contributed by atoms with Crippen molar-refractivity contribution in [1.29, 1.82) is 0 Å². The number of aromatic nitrogens is 3.